The van der Waals surface area contributed by atoms with E-state index in [1.165, 1.54) is 6.92 Å². The van der Waals surface area contributed by atoms with Gasteiger partial charge in [-0.15, -0.1) is 24.0 Å². The SMILES string of the molecule is CCOc1cccc(CNC(=NC)NCCc2ccc(NC(C)=O)cc2)c1OC(F)F.I. The van der Waals surface area contributed by atoms with Gasteiger partial charge in [-0.3, -0.25) is 9.79 Å². The molecule has 1 amide bonds. The molecule has 0 fully saturated rings. The van der Waals surface area contributed by atoms with Gasteiger partial charge < -0.3 is 25.4 Å². The molecule has 2 rings (SSSR count). The van der Waals surface area contributed by atoms with Gasteiger partial charge in [0.1, 0.15) is 0 Å². The van der Waals surface area contributed by atoms with Gasteiger partial charge in [-0.1, -0.05) is 24.3 Å². The number of hydrogen-bond acceptors (Lipinski definition) is 4. The lowest BCUT2D eigenvalue weighted by atomic mass is 10.1. The van der Waals surface area contributed by atoms with Crippen LogP contribution in [0.4, 0.5) is 14.5 Å². The van der Waals surface area contributed by atoms with E-state index < -0.39 is 6.61 Å². The number of para-hydroxylation sites is 1. The molecule has 3 N–H and O–H groups in total. The van der Waals surface area contributed by atoms with Gasteiger partial charge in [0.05, 0.1) is 6.61 Å². The number of carbonyl (C=O) groups excluding carboxylic acids is 1. The van der Waals surface area contributed by atoms with Crippen molar-refractivity contribution in [3.8, 4) is 11.5 Å². The molecule has 0 atom stereocenters. The summed E-state index contributed by atoms with van der Waals surface area (Å²) in [5.41, 5.74) is 2.37. The molecule has 0 saturated carbocycles. The highest BCUT2D eigenvalue weighted by molar-refractivity contribution is 14.0. The van der Waals surface area contributed by atoms with E-state index in [-0.39, 0.29) is 47.9 Å². The third-order valence-corrected chi connectivity index (χ3v) is 4.22. The van der Waals surface area contributed by atoms with Crippen LogP contribution in [-0.4, -0.2) is 38.7 Å². The van der Waals surface area contributed by atoms with Crippen LogP contribution in [0.1, 0.15) is 25.0 Å². The van der Waals surface area contributed by atoms with Crippen molar-refractivity contribution in [2.75, 3.05) is 25.5 Å². The zero-order valence-corrected chi connectivity index (χ0v) is 20.6. The van der Waals surface area contributed by atoms with Crippen molar-refractivity contribution in [1.29, 1.82) is 0 Å². The summed E-state index contributed by atoms with van der Waals surface area (Å²) in [5.74, 6) is 0.701. The number of rotatable bonds is 10. The minimum Gasteiger partial charge on any atom is -0.490 e. The Labute approximate surface area is 204 Å². The minimum atomic E-state index is -2.95. The molecule has 0 aliphatic carbocycles. The fraction of sp³-hybridized carbons (Fsp3) is 0.364. The lowest BCUT2D eigenvalue weighted by molar-refractivity contribution is -0.114. The fourth-order valence-corrected chi connectivity index (χ4v) is 2.88. The van der Waals surface area contributed by atoms with Crippen LogP contribution in [0.15, 0.2) is 47.5 Å². The predicted molar refractivity (Wildman–Crippen MR) is 132 cm³/mol. The van der Waals surface area contributed by atoms with Crippen molar-refractivity contribution >= 4 is 41.5 Å². The van der Waals surface area contributed by atoms with E-state index in [9.17, 15) is 13.6 Å². The fourth-order valence-electron chi connectivity index (χ4n) is 2.88. The third-order valence-electron chi connectivity index (χ3n) is 4.22. The smallest absolute Gasteiger partial charge is 0.387 e. The predicted octanol–water partition coefficient (Wildman–Crippen LogP) is 4.17. The molecule has 2 aromatic carbocycles. The summed E-state index contributed by atoms with van der Waals surface area (Å²) >= 11 is 0. The first-order valence-electron chi connectivity index (χ1n) is 9.93. The van der Waals surface area contributed by atoms with Gasteiger partial charge in [-0.05, 0) is 37.1 Å². The second-order valence-electron chi connectivity index (χ2n) is 6.54. The van der Waals surface area contributed by atoms with Crippen LogP contribution >= 0.6 is 24.0 Å². The maximum atomic E-state index is 12.8. The maximum Gasteiger partial charge on any atom is 0.387 e. The third kappa shape index (κ3) is 9.25. The zero-order chi connectivity index (χ0) is 22.6. The summed E-state index contributed by atoms with van der Waals surface area (Å²) in [6, 6.07) is 12.6. The molecule has 7 nitrogen and oxygen atoms in total. The summed E-state index contributed by atoms with van der Waals surface area (Å²) < 4.78 is 35.8. The summed E-state index contributed by atoms with van der Waals surface area (Å²) in [7, 11) is 1.63. The average Bonchev–Trinajstić information content (AvgIpc) is 2.73. The quantitative estimate of drug-likeness (QED) is 0.230. The summed E-state index contributed by atoms with van der Waals surface area (Å²) in [4.78, 5) is 15.2. The number of carbonyl (C=O) groups is 1. The van der Waals surface area contributed by atoms with Gasteiger partial charge in [0.2, 0.25) is 5.91 Å². The van der Waals surface area contributed by atoms with E-state index >= 15 is 0 Å². The Morgan fingerprint density at radius 2 is 1.84 bits per heavy atom. The first-order valence-corrected chi connectivity index (χ1v) is 9.93. The van der Waals surface area contributed by atoms with Gasteiger partial charge in [0.25, 0.3) is 0 Å². The van der Waals surface area contributed by atoms with Crippen LogP contribution in [0.3, 0.4) is 0 Å². The van der Waals surface area contributed by atoms with E-state index in [2.05, 4.69) is 25.7 Å². The highest BCUT2D eigenvalue weighted by atomic mass is 127. The number of anilines is 1. The monoisotopic (exact) mass is 562 g/mol. The van der Waals surface area contributed by atoms with Crippen LogP contribution < -0.4 is 25.4 Å². The van der Waals surface area contributed by atoms with E-state index in [0.717, 1.165) is 17.7 Å². The molecule has 0 unspecified atom stereocenters. The molecule has 0 bridgehead atoms. The summed E-state index contributed by atoms with van der Waals surface area (Å²) in [5, 5.41) is 9.01. The van der Waals surface area contributed by atoms with Gasteiger partial charge in [0, 0.05) is 38.3 Å². The zero-order valence-electron chi connectivity index (χ0n) is 18.3. The van der Waals surface area contributed by atoms with Crippen LogP contribution in [0.25, 0.3) is 0 Å². The van der Waals surface area contributed by atoms with Crippen molar-refractivity contribution in [3.63, 3.8) is 0 Å². The van der Waals surface area contributed by atoms with E-state index in [0.29, 0.717) is 24.7 Å². The molecule has 0 spiro atoms. The molecule has 176 valence electrons. The van der Waals surface area contributed by atoms with Gasteiger partial charge >= 0.3 is 6.61 Å². The number of nitrogens with zero attached hydrogens (tertiary/aromatic N) is 1. The normalized spacial score (nSPS) is 10.9. The first kappa shape index (κ1) is 27.4. The Morgan fingerprint density at radius 1 is 1.12 bits per heavy atom. The molecule has 0 radical (unpaired) electrons. The van der Waals surface area contributed by atoms with Gasteiger partial charge in [-0.25, -0.2) is 0 Å². The van der Waals surface area contributed by atoms with Crippen molar-refractivity contribution in [3.05, 3.63) is 53.6 Å². The molecule has 0 saturated heterocycles. The van der Waals surface area contributed by atoms with E-state index in [4.69, 9.17) is 4.74 Å². The molecule has 32 heavy (non-hydrogen) atoms. The Hall–Kier alpha value is -2.63. The molecule has 0 aromatic heterocycles. The highest BCUT2D eigenvalue weighted by Crippen LogP contribution is 2.32. The summed E-state index contributed by atoms with van der Waals surface area (Å²) in [6.45, 7) is 1.47. The lowest BCUT2D eigenvalue weighted by Crippen LogP contribution is -2.38. The number of guanidine groups is 1. The van der Waals surface area contributed by atoms with Crippen molar-refractivity contribution in [2.24, 2.45) is 4.99 Å². The van der Waals surface area contributed by atoms with E-state index in [1.807, 2.05) is 24.3 Å². The highest BCUT2D eigenvalue weighted by Gasteiger charge is 2.16. The van der Waals surface area contributed by atoms with Crippen molar-refractivity contribution < 1.29 is 23.0 Å². The van der Waals surface area contributed by atoms with Crippen LogP contribution in [0, 0.1) is 0 Å². The number of halogens is 3. The first-order chi connectivity index (χ1) is 14.9. The summed E-state index contributed by atoms with van der Waals surface area (Å²) in [6.07, 6.45) is 0.737. The number of alkyl halides is 2. The van der Waals surface area contributed by atoms with Crippen molar-refractivity contribution in [1.82, 2.24) is 10.6 Å². The number of aliphatic imine (C=N–C) groups is 1. The molecular formula is C22H29F2IN4O3. The lowest BCUT2D eigenvalue weighted by Gasteiger charge is -2.17. The number of benzene rings is 2. The Kier molecular flexibility index (Phi) is 12.4. The molecule has 2 aromatic rings. The Balaban J connectivity index is 0.00000512. The second-order valence-corrected chi connectivity index (χ2v) is 6.54. The van der Waals surface area contributed by atoms with Crippen LogP contribution in [0.5, 0.6) is 11.5 Å². The molecular weight excluding hydrogens is 533 g/mol. The van der Waals surface area contributed by atoms with Gasteiger partial charge in [-0.2, -0.15) is 8.78 Å². The number of hydrogen-bond donors (Lipinski definition) is 3. The van der Waals surface area contributed by atoms with Crippen molar-refractivity contribution in [2.45, 2.75) is 33.4 Å². The molecule has 0 aliphatic heterocycles. The number of nitrogens with one attached hydrogen (secondary N) is 3. The minimum absolute atomic E-state index is 0. The molecule has 0 heterocycles. The molecule has 0 aliphatic rings. The number of amides is 1. The second kappa shape index (κ2) is 14.4. The topological polar surface area (TPSA) is 84.0 Å². The standard InChI is InChI=1S/C22H28F2N4O3.HI/c1-4-30-19-7-5-6-17(20(19)31-21(23)24)14-27-22(25-3)26-13-12-16-8-10-18(11-9-16)28-15(2)29;/h5-11,21H,4,12-14H2,1-3H3,(H,28,29)(H2,25,26,27);1H. The Morgan fingerprint density at radius 3 is 2.44 bits per heavy atom. The van der Waals surface area contributed by atoms with Crippen LogP contribution in [-0.2, 0) is 17.8 Å². The molecule has 10 heteroatoms. The van der Waals surface area contributed by atoms with Gasteiger partial charge in [0.15, 0.2) is 17.5 Å². The maximum absolute atomic E-state index is 12.8. The Bertz CT molecular complexity index is 880. The van der Waals surface area contributed by atoms with Crippen LogP contribution in [0.2, 0.25) is 0 Å². The average molecular weight is 562 g/mol. The number of ether oxygens (including phenoxy) is 2. The van der Waals surface area contributed by atoms with E-state index in [1.54, 1.807) is 32.2 Å². The largest absolute Gasteiger partial charge is 0.490 e.